The molecule has 4 rings (SSSR count). The zero-order valence-electron chi connectivity index (χ0n) is 19.9. The summed E-state index contributed by atoms with van der Waals surface area (Å²) in [6, 6.07) is 17.8. The quantitative estimate of drug-likeness (QED) is 0.160. The average Bonchev–Trinajstić information content (AvgIpc) is 2.90. The number of hydrogen-bond donors (Lipinski definition) is 0. The summed E-state index contributed by atoms with van der Waals surface area (Å²) in [4.78, 5) is 33.5. The molecule has 34 heavy (non-hydrogen) atoms. The van der Waals surface area contributed by atoms with E-state index in [2.05, 4.69) is 17.3 Å². The van der Waals surface area contributed by atoms with E-state index in [4.69, 9.17) is 4.84 Å². The molecule has 4 nitrogen and oxygen atoms in total. The van der Waals surface area contributed by atoms with Gasteiger partial charge in [0.25, 0.3) is 0 Å². The van der Waals surface area contributed by atoms with Crippen LogP contribution in [0.1, 0.15) is 87.4 Å². The van der Waals surface area contributed by atoms with E-state index in [1.165, 1.54) is 38.5 Å². The molecule has 180 valence electrons. The van der Waals surface area contributed by atoms with Gasteiger partial charge in [-0.1, -0.05) is 86.5 Å². The second kappa shape index (κ2) is 12.9. The Kier molecular flexibility index (Phi) is 9.37. The Labute approximate surface area is 207 Å². The molecule has 2 fully saturated rings. The maximum absolute atomic E-state index is 13.3. The molecule has 0 amide bonds. The summed E-state index contributed by atoms with van der Waals surface area (Å²) in [5.74, 6) is 0.132. The highest BCUT2D eigenvalue weighted by molar-refractivity contribution is 7.99. The molecule has 0 atom stereocenters. The summed E-state index contributed by atoms with van der Waals surface area (Å²) in [7, 11) is 0. The zero-order chi connectivity index (χ0) is 23.6. The minimum atomic E-state index is -0.280. The van der Waals surface area contributed by atoms with Gasteiger partial charge in [0, 0.05) is 15.4 Å². The summed E-state index contributed by atoms with van der Waals surface area (Å²) in [5.41, 5.74) is 0.965. The number of carbonyl (C=O) groups excluding carboxylic acids is 2. The molecule has 0 spiro atoms. The lowest BCUT2D eigenvalue weighted by Gasteiger charge is -2.21. The van der Waals surface area contributed by atoms with Gasteiger partial charge in [-0.25, -0.2) is 4.79 Å². The molecule has 2 aromatic rings. The highest BCUT2D eigenvalue weighted by Gasteiger charge is 2.24. The SMILES string of the molecule is O=C(/C(CCC1CCCCC1)=N/OC(=O)C1CCCCC1)c1ccc(Sc2ccccc2)cc1. The standard InChI is InChI=1S/C29H35NO3S/c31-28(23-17-19-26(20-18-23)34-25-14-8-3-9-15-25)27(21-16-22-10-4-1-5-11-22)30-33-29(32)24-12-6-2-7-13-24/h3,8-9,14-15,17-20,22,24H,1-2,4-7,10-13,16,21H2/b30-27+. The molecule has 0 unspecified atom stereocenters. The normalized spacial score (nSPS) is 17.9. The number of ketones is 1. The minimum Gasteiger partial charge on any atom is -0.318 e. The van der Waals surface area contributed by atoms with Crippen molar-refractivity contribution in [2.75, 3.05) is 0 Å². The van der Waals surface area contributed by atoms with E-state index in [-0.39, 0.29) is 17.7 Å². The fraction of sp³-hybridized carbons (Fsp3) is 0.483. The molecular formula is C29H35NO3S. The van der Waals surface area contributed by atoms with Crippen molar-refractivity contribution in [3.8, 4) is 0 Å². The predicted octanol–water partition coefficient (Wildman–Crippen LogP) is 7.86. The van der Waals surface area contributed by atoms with Gasteiger partial charge < -0.3 is 4.84 Å². The molecular weight excluding hydrogens is 442 g/mol. The van der Waals surface area contributed by atoms with Crippen molar-refractivity contribution < 1.29 is 14.4 Å². The smallest absolute Gasteiger partial charge is 0.318 e. The van der Waals surface area contributed by atoms with Crippen molar-refractivity contribution in [3.63, 3.8) is 0 Å². The van der Waals surface area contributed by atoms with Crippen molar-refractivity contribution in [3.05, 3.63) is 60.2 Å². The van der Waals surface area contributed by atoms with Gasteiger partial charge in [0.05, 0.1) is 5.92 Å². The first-order valence-corrected chi connectivity index (χ1v) is 13.7. The molecule has 5 heteroatoms. The second-order valence-electron chi connectivity index (χ2n) is 9.59. The number of benzene rings is 2. The third-order valence-corrected chi connectivity index (χ3v) is 8.07. The third-order valence-electron chi connectivity index (χ3n) is 7.06. The van der Waals surface area contributed by atoms with Crippen molar-refractivity contribution in [1.29, 1.82) is 0 Å². The number of rotatable bonds is 9. The van der Waals surface area contributed by atoms with Crippen molar-refractivity contribution >= 4 is 29.2 Å². The number of nitrogens with zero attached hydrogens (tertiary/aromatic N) is 1. The van der Waals surface area contributed by atoms with Crippen LogP contribution in [0.5, 0.6) is 0 Å². The summed E-state index contributed by atoms with van der Waals surface area (Å²) < 4.78 is 0. The largest absolute Gasteiger partial charge is 0.338 e. The van der Waals surface area contributed by atoms with Gasteiger partial charge in [0.2, 0.25) is 5.78 Å². The highest BCUT2D eigenvalue weighted by Crippen LogP contribution is 2.30. The van der Waals surface area contributed by atoms with Gasteiger partial charge in [0.1, 0.15) is 5.71 Å². The van der Waals surface area contributed by atoms with Crippen LogP contribution < -0.4 is 0 Å². The van der Waals surface area contributed by atoms with Gasteiger partial charge in [-0.3, -0.25) is 4.79 Å². The summed E-state index contributed by atoms with van der Waals surface area (Å²) >= 11 is 1.66. The average molecular weight is 478 g/mol. The highest BCUT2D eigenvalue weighted by atomic mass is 32.2. The maximum Gasteiger partial charge on any atom is 0.338 e. The van der Waals surface area contributed by atoms with Crippen molar-refractivity contribution in [2.24, 2.45) is 17.0 Å². The van der Waals surface area contributed by atoms with E-state index in [9.17, 15) is 9.59 Å². The number of carbonyl (C=O) groups is 2. The first kappa shape index (κ1) is 24.7. The topological polar surface area (TPSA) is 55.7 Å². The summed E-state index contributed by atoms with van der Waals surface area (Å²) in [5, 5.41) is 4.16. The molecule has 0 saturated heterocycles. The van der Waals surface area contributed by atoms with Crippen molar-refractivity contribution in [1.82, 2.24) is 0 Å². The van der Waals surface area contributed by atoms with Gasteiger partial charge >= 0.3 is 5.97 Å². The zero-order valence-corrected chi connectivity index (χ0v) is 20.7. The molecule has 0 heterocycles. The molecule has 0 N–H and O–H groups in total. The van der Waals surface area contributed by atoms with E-state index in [0.29, 0.717) is 23.6 Å². The fourth-order valence-corrected chi connectivity index (χ4v) is 5.83. The Bertz CT molecular complexity index is 959. The molecule has 0 aliphatic heterocycles. The van der Waals surface area contributed by atoms with Gasteiger partial charge in [0.15, 0.2) is 0 Å². The van der Waals surface area contributed by atoms with Crippen LogP contribution >= 0.6 is 11.8 Å². The molecule has 0 aromatic heterocycles. The molecule has 0 bridgehead atoms. The monoisotopic (exact) mass is 477 g/mol. The van der Waals surface area contributed by atoms with Crippen LogP contribution in [0.4, 0.5) is 0 Å². The van der Waals surface area contributed by atoms with Crippen LogP contribution in [-0.4, -0.2) is 17.5 Å². The van der Waals surface area contributed by atoms with E-state index >= 15 is 0 Å². The van der Waals surface area contributed by atoms with Crippen LogP contribution in [0.25, 0.3) is 0 Å². The van der Waals surface area contributed by atoms with Crippen molar-refractivity contribution in [2.45, 2.75) is 86.8 Å². The molecule has 2 aromatic carbocycles. The van der Waals surface area contributed by atoms with E-state index < -0.39 is 0 Å². The van der Waals surface area contributed by atoms with Gasteiger partial charge in [-0.15, -0.1) is 0 Å². The van der Waals surface area contributed by atoms with Crippen LogP contribution in [-0.2, 0) is 9.63 Å². The lowest BCUT2D eigenvalue weighted by atomic mass is 9.85. The lowest BCUT2D eigenvalue weighted by Crippen LogP contribution is -2.22. The molecule has 2 saturated carbocycles. The molecule has 2 aliphatic rings. The summed E-state index contributed by atoms with van der Waals surface area (Å²) in [6.45, 7) is 0. The van der Waals surface area contributed by atoms with E-state index in [1.807, 2.05) is 42.5 Å². The second-order valence-corrected chi connectivity index (χ2v) is 10.7. The van der Waals surface area contributed by atoms with Crippen LogP contribution in [0, 0.1) is 11.8 Å². The number of oxime groups is 1. The Morgan fingerprint density at radius 3 is 2.09 bits per heavy atom. The lowest BCUT2D eigenvalue weighted by molar-refractivity contribution is -0.149. The fourth-order valence-electron chi connectivity index (χ4n) is 5.00. The Morgan fingerprint density at radius 2 is 1.41 bits per heavy atom. The van der Waals surface area contributed by atoms with Crippen LogP contribution in [0.2, 0.25) is 0 Å². The van der Waals surface area contributed by atoms with Gasteiger partial charge in [-0.2, -0.15) is 0 Å². The first-order chi connectivity index (χ1) is 16.7. The first-order valence-electron chi connectivity index (χ1n) is 12.8. The van der Waals surface area contributed by atoms with E-state index in [0.717, 1.165) is 41.9 Å². The van der Waals surface area contributed by atoms with Crippen LogP contribution in [0.3, 0.4) is 0 Å². The Morgan fingerprint density at radius 1 is 0.794 bits per heavy atom. The Hall–Kier alpha value is -2.40. The van der Waals surface area contributed by atoms with Gasteiger partial charge in [-0.05, 0) is 68.0 Å². The van der Waals surface area contributed by atoms with E-state index in [1.54, 1.807) is 11.8 Å². The number of Topliss-reactive ketones (excluding diaryl/α,β-unsaturated/α-hetero) is 1. The predicted molar refractivity (Wildman–Crippen MR) is 137 cm³/mol. The van der Waals surface area contributed by atoms with Crippen LogP contribution in [0.15, 0.2) is 69.5 Å². The molecule has 2 aliphatic carbocycles. The minimum absolute atomic E-state index is 0.0820. The maximum atomic E-state index is 13.3. The summed E-state index contributed by atoms with van der Waals surface area (Å²) in [6.07, 6.45) is 12.8. The molecule has 0 radical (unpaired) electrons. The Balaban J connectivity index is 1.43. The third kappa shape index (κ3) is 7.30. The number of hydrogen-bond acceptors (Lipinski definition) is 5.